The van der Waals surface area contributed by atoms with Crippen LogP contribution in [0.4, 0.5) is 8.78 Å². The van der Waals surface area contributed by atoms with E-state index < -0.39 is 11.6 Å². The van der Waals surface area contributed by atoms with Crippen molar-refractivity contribution in [3.8, 4) is 11.4 Å². The minimum absolute atomic E-state index is 0.153. The Morgan fingerprint density at radius 2 is 1.94 bits per heavy atom. The molecule has 0 unspecified atom stereocenters. The summed E-state index contributed by atoms with van der Waals surface area (Å²) in [6, 6.07) is 4.29. The summed E-state index contributed by atoms with van der Waals surface area (Å²) < 4.78 is 26.6. The van der Waals surface area contributed by atoms with Crippen LogP contribution < -0.4 is 0 Å². The first-order valence-corrected chi connectivity index (χ1v) is 5.81. The van der Waals surface area contributed by atoms with E-state index in [9.17, 15) is 8.78 Å². The van der Waals surface area contributed by atoms with E-state index in [1.807, 2.05) is 0 Å². The standard InChI is InChI=1S/C11H6BrClF2N2/c1-5-9(15)10(13)17-11(16-5)6-2-3-8(14)7(12)4-6/h2-4H,1H3. The van der Waals surface area contributed by atoms with Crippen molar-refractivity contribution < 1.29 is 8.78 Å². The second-order valence-electron chi connectivity index (χ2n) is 3.37. The lowest BCUT2D eigenvalue weighted by Crippen LogP contribution is -1.97. The lowest BCUT2D eigenvalue weighted by molar-refractivity contribution is 0.603. The fraction of sp³-hybridized carbons (Fsp3) is 0.0909. The molecular formula is C11H6BrClF2N2. The summed E-state index contributed by atoms with van der Waals surface area (Å²) in [6.07, 6.45) is 0. The predicted octanol–water partition coefficient (Wildman–Crippen LogP) is 4.15. The first-order chi connectivity index (χ1) is 7.99. The van der Waals surface area contributed by atoms with E-state index in [0.717, 1.165) is 0 Å². The summed E-state index contributed by atoms with van der Waals surface area (Å²) >= 11 is 8.69. The van der Waals surface area contributed by atoms with Crippen molar-refractivity contribution in [3.05, 3.63) is 45.2 Å². The molecule has 1 aromatic heterocycles. The van der Waals surface area contributed by atoms with Gasteiger partial charge in [-0.25, -0.2) is 18.7 Å². The minimum atomic E-state index is -0.642. The topological polar surface area (TPSA) is 25.8 Å². The lowest BCUT2D eigenvalue weighted by Gasteiger charge is -2.04. The molecule has 2 aromatic rings. The van der Waals surface area contributed by atoms with Gasteiger partial charge in [-0.15, -0.1) is 0 Å². The van der Waals surface area contributed by atoms with Gasteiger partial charge in [-0.3, -0.25) is 0 Å². The van der Waals surface area contributed by atoms with E-state index in [2.05, 4.69) is 25.9 Å². The first-order valence-electron chi connectivity index (χ1n) is 4.64. The molecule has 0 aliphatic carbocycles. The van der Waals surface area contributed by atoms with E-state index in [1.54, 1.807) is 0 Å². The molecule has 0 fully saturated rings. The van der Waals surface area contributed by atoms with Gasteiger partial charge >= 0.3 is 0 Å². The van der Waals surface area contributed by atoms with Crippen LogP contribution in [0.5, 0.6) is 0 Å². The normalized spacial score (nSPS) is 10.6. The lowest BCUT2D eigenvalue weighted by atomic mass is 10.2. The fourth-order valence-electron chi connectivity index (χ4n) is 1.29. The molecule has 17 heavy (non-hydrogen) atoms. The SMILES string of the molecule is Cc1nc(-c2ccc(F)c(Br)c2)nc(Cl)c1F. The highest BCUT2D eigenvalue weighted by Crippen LogP contribution is 2.25. The van der Waals surface area contributed by atoms with E-state index in [1.165, 1.54) is 25.1 Å². The molecule has 0 saturated heterocycles. The second kappa shape index (κ2) is 4.66. The van der Waals surface area contributed by atoms with Crippen LogP contribution in [0.15, 0.2) is 22.7 Å². The van der Waals surface area contributed by atoms with Crippen molar-refractivity contribution in [3.63, 3.8) is 0 Å². The molecule has 0 aliphatic heterocycles. The van der Waals surface area contributed by atoms with Gasteiger partial charge in [-0.2, -0.15) is 0 Å². The molecule has 6 heteroatoms. The van der Waals surface area contributed by atoms with Crippen LogP contribution in [0.2, 0.25) is 5.15 Å². The van der Waals surface area contributed by atoms with E-state index in [-0.39, 0.29) is 21.1 Å². The average molecular weight is 320 g/mol. The fourth-order valence-corrected chi connectivity index (χ4v) is 1.88. The maximum absolute atomic E-state index is 13.2. The van der Waals surface area contributed by atoms with Crippen molar-refractivity contribution in [1.82, 2.24) is 9.97 Å². The van der Waals surface area contributed by atoms with Gasteiger partial charge in [0.2, 0.25) is 0 Å². The molecule has 0 aliphatic rings. The molecule has 0 atom stereocenters. The Kier molecular flexibility index (Phi) is 3.40. The monoisotopic (exact) mass is 318 g/mol. The summed E-state index contributed by atoms with van der Waals surface area (Å²) in [4.78, 5) is 7.77. The summed E-state index contributed by atoms with van der Waals surface area (Å²) in [6.45, 7) is 1.49. The highest BCUT2D eigenvalue weighted by molar-refractivity contribution is 9.10. The molecule has 2 nitrogen and oxygen atoms in total. The van der Waals surface area contributed by atoms with Gasteiger partial charge in [0.1, 0.15) is 5.82 Å². The number of aromatic nitrogens is 2. The Bertz CT molecular complexity index is 567. The van der Waals surface area contributed by atoms with Crippen LogP contribution in [0.25, 0.3) is 11.4 Å². The van der Waals surface area contributed by atoms with Crippen LogP contribution in [-0.2, 0) is 0 Å². The summed E-state index contributed by atoms with van der Waals surface area (Å²) in [7, 11) is 0. The number of rotatable bonds is 1. The Balaban J connectivity index is 2.57. The predicted molar refractivity (Wildman–Crippen MR) is 64.8 cm³/mol. The minimum Gasteiger partial charge on any atom is -0.230 e. The molecule has 0 spiro atoms. The van der Waals surface area contributed by atoms with E-state index >= 15 is 0 Å². The number of halogens is 4. The summed E-state index contributed by atoms with van der Waals surface area (Å²) in [5.41, 5.74) is 0.712. The van der Waals surface area contributed by atoms with Gasteiger partial charge in [0.05, 0.1) is 10.2 Å². The zero-order valence-electron chi connectivity index (χ0n) is 8.64. The molecule has 0 radical (unpaired) electrons. The number of hydrogen-bond acceptors (Lipinski definition) is 2. The second-order valence-corrected chi connectivity index (χ2v) is 4.58. The van der Waals surface area contributed by atoms with Gasteiger partial charge in [-0.05, 0) is 41.1 Å². The molecule has 88 valence electrons. The summed E-state index contributed by atoms with van der Waals surface area (Å²) in [5, 5.41) is -0.243. The summed E-state index contributed by atoms with van der Waals surface area (Å²) in [5.74, 6) is -0.773. The largest absolute Gasteiger partial charge is 0.230 e. The Morgan fingerprint density at radius 1 is 1.24 bits per heavy atom. The Hall–Kier alpha value is -1.07. The van der Waals surface area contributed by atoms with E-state index in [4.69, 9.17) is 11.6 Å². The van der Waals surface area contributed by atoms with Gasteiger partial charge in [0.15, 0.2) is 16.8 Å². The molecule has 1 heterocycles. The van der Waals surface area contributed by atoms with Gasteiger partial charge < -0.3 is 0 Å². The third-order valence-corrected chi connectivity index (χ3v) is 3.01. The van der Waals surface area contributed by atoms with Crippen molar-refractivity contribution >= 4 is 27.5 Å². The third kappa shape index (κ3) is 2.45. The number of benzene rings is 1. The number of aryl methyl sites for hydroxylation is 1. The van der Waals surface area contributed by atoms with Crippen molar-refractivity contribution in [2.24, 2.45) is 0 Å². The molecule has 2 rings (SSSR count). The van der Waals surface area contributed by atoms with Gasteiger partial charge in [0.25, 0.3) is 0 Å². The van der Waals surface area contributed by atoms with Gasteiger partial charge in [0, 0.05) is 5.56 Å². The number of nitrogens with zero attached hydrogens (tertiary/aromatic N) is 2. The molecular weight excluding hydrogens is 313 g/mol. The molecule has 1 aromatic carbocycles. The maximum atomic E-state index is 13.2. The van der Waals surface area contributed by atoms with Crippen LogP contribution in [0.3, 0.4) is 0 Å². The quantitative estimate of drug-likeness (QED) is 0.738. The van der Waals surface area contributed by atoms with Crippen molar-refractivity contribution in [2.45, 2.75) is 6.92 Å². The maximum Gasteiger partial charge on any atom is 0.181 e. The van der Waals surface area contributed by atoms with E-state index in [0.29, 0.717) is 5.56 Å². The Labute approximate surface area is 110 Å². The molecule has 0 bridgehead atoms. The van der Waals surface area contributed by atoms with Crippen molar-refractivity contribution in [2.75, 3.05) is 0 Å². The van der Waals surface area contributed by atoms with Crippen LogP contribution in [0, 0.1) is 18.6 Å². The molecule has 0 N–H and O–H groups in total. The highest BCUT2D eigenvalue weighted by atomic mass is 79.9. The van der Waals surface area contributed by atoms with Crippen LogP contribution in [-0.4, -0.2) is 9.97 Å². The zero-order valence-corrected chi connectivity index (χ0v) is 11.0. The smallest absolute Gasteiger partial charge is 0.181 e. The highest BCUT2D eigenvalue weighted by Gasteiger charge is 2.11. The van der Waals surface area contributed by atoms with Gasteiger partial charge in [-0.1, -0.05) is 11.6 Å². The first kappa shape index (κ1) is 12.4. The molecule has 0 amide bonds. The van der Waals surface area contributed by atoms with Crippen molar-refractivity contribution in [1.29, 1.82) is 0 Å². The number of hydrogen-bond donors (Lipinski definition) is 0. The zero-order chi connectivity index (χ0) is 12.6. The molecule has 0 saturated carbocycles. The Morgan fingerprint density at radius 3 is 2.53 bits per heavy atom. The third-order valence-electron chi connectivity index (χ3n) is 2.15. The van der Waals surface area contributed by atoms with Crippen LogP contribution in [0.1, 0.15) is 5.69 Å². The average Bonchev–Trinajstić information content (AvgIpc) is 2.29. The van der Waals surface area contributed by atoms with Crippen LogP contribution >= 0.6 is 27.5 Å².